The minimum absolute atomic E-state index is 0.131. The first kappa shape index (κ1) is 21.3. The predicted molar refractivity (Wildman–Crippen MR) is 121 cm³/mol. The fourth-order valence-corrected chi connectivity index (χ4v) is 3.66. The van der Waals surface area contributed by atoms with Crippen LogP contribution in [0, 0.1) is 12.7 Å². The van der Waals surface area contributed by atoms with E-state index in [2.05, 4.69) is 5.32 Å². The maximum absolute atomic E-state index is 14.1. The summed E-state index contributed by atoms with van der Waals surface area (Å²) in [4.78, 5) is 26.1. The van der Waals surface area contributed by atoms with E-state index in [-0.39, 0.29) is 22.3 Å². The summed E-state index contributed by atoms with van der Waals surface area (Å²) in [5.74, 6) is -0.379. The molecule has 0 radical (unpaired) electrons. The number of benzene rings is 3. The zero-order valence-electron chi connectivity index (χ0n) is 17.9. The van der Waals surface area contributed by atoms with Crippen LogP contribution in [-0.2, 0) is 0 Å². The van der Waals surface area contributed by atoms with E-state index >= 15 is 0 Å². The van der Waals surface area contributed by atoms with Gasteiger partial charge >= 0.3 is 0 Å². The van der Waals surface area contributed by atoms with Crippen LogP contribution in [0.15, 0.2) is 75.9 Å². The zero-order chi connectivity index (χ0) is 22.8. The van der Waals surface area contributed by atoms with Gasteiger partial charge in [-0.3, -0.25) is 9.59 Å². The van der Waals surface area contributed by atoms with Crippen molar-refractivity contribution in [2.24, 2.45) is 0 Å². The summed E-state index contributed by atoms with van der Waals surface area (Å²) < 4.78 is 25.1. The van der Waals surface area contributed by atoms with Gasteiger partial charge in [0.25, 0.3) is 5.91 Å². The maximum atomic E-state index is 14.1. The van der Waals surface area contributed by atoms with Crippen LogP contribution in [0.3, 0.4) is 0 Å². The molecule has 0 aliphatic rings. The van der Waals surface area contributed by atoms with E-state index in [1.807, 2.05) is 30.3 Å². The summed E-state index contributed by atoms with van der Waals surface area (Å²) >= 11 is 0. The van der Waals surface area contributed by atoms with Crippen molar-refractivity contribution >= 4 is 16.9 Å². The van der Waals surface area contributed by atoms with E-state index in [1.54, 1.807) is 38.1 Å². The molecule has 4 rings (SSSR count). The Morgan fingerprint density at radius 2 is 1.81 bits per heavy atom. The lowest BCUT2D eigenvalue weighted by Gasteiger charge is -2.16. The molecule has 32 heavy (non-hydrogen) atoms. The molecule has 0 bridgehead atoms. The second-order valence-corrected chi connectivity index (χ2v) is 7.52. The second kappa shape index (κ2) is 8.67. The molecule has 4 aromatic rings. The van der Waals surface area contributed by atoms with Crippen LogP contribution < -0.4 is 15.5 Å². The minimum Gasteiger partial charge on any atom is -0.494 e. The Morgan fingerprint density at radius 3 is 2.50 bits per heavy atom. The van der Waals surface area contributed by atoms with Gasteiger partial charge in [0.2, 0.25) is 0 Å². The predicted octanol–water partition coefficient (Wildman–Crippen LogP) is 5.41. The van der Waals surface area contributed by atoms with Crippen LogP contribution >= 0.6 is 0 Å². The SMILES string of the molecule is COc1ccc(C(C)NC(=O)c2cccc3c(=O)c(C)c(-c4ccccc4)oc23)cc1F. The van der Waals surface area contributed by atoms with Crippen molar-refractivity contribution in [1.82, 2.24) is 5.32 Å². The van der Waals surface area contributed by atoms with Gasteiger partial charge in [0.15, 0.2) is 22.6 Å². The van der Waals surface area contributed by atoms with E-state index in [0.29, 0.717) is 22.3 Å². The number of nitrogens with one attached hydrogen (secondary N) is 1. The fraction of sp³-hybridized carbons (Fsp3) is 0.154. The Balaban J connectivity index is 1.74. The van der Waals surface area contributed by atoms with Gasteiger partial charge in [-0.1, -0.05) is 42.5 Å². The Morgan fingerprint density at radius 1 is 1.06 bits per heavy atom. The number of halogens is 1. The number of rotatable bonds is 5. The molecule has 1 unspecified atom stereocenters. The Hall–Kier alpha value is -3.93. The van der Waals surface area contributed by atoms with E-state index in [9.17, 15) is 14.0 Å². The highest BCUT2D eigenvalue weighted by Gasteiger charge is 2.20. The molecule has 0 spiro atoms. The molecule has 0 fully saturated rings. The molecular weight excluding hydrogens is 409 g/mol. The van der Waals surface area contributed by atoms with Crippen molar-refractivity contribution < 1.29 is 18.3 Å². The summed E-state index contributed by atoms with van der Waals surface area (Å²) in [6.07, 6.45) is 0. The van der Waals surface area contributed by atoms with Gasteiger partial charge in [-0.05, 0) is 43.7 Å². The minimum atomic E-state index is -0.509. The molecule has 0 saturated heterocycles. The van der Waals surface area contributed by atoms with E-state index < -0.39 is 17.8 Å². The smallest absolute Gasteiger partial charge is 0.255 e. The second-order valence-electron chi connectivity index (χ2n) is 7.52. The summed E-state index contributed by atoms with van der Waals surface area (Å²) in [5.41, 5.74) is 2.07. The molecule has 3 aromatic carbocycles. The highest BCUT2D eigenvalue weighted by Crippen LogP contribution is 2.28. The molecule has 1 N–H and O–H groups in total. The first-order valence-electron chi connectivity index (χ1n) is 10.2. The maximum Gasteiger partial charge on any atom is 0.255 e. The molecule has 5 nitrogen and oxygen atoms in total. The number of ether oxygens (including phenoxy) is 1. The first-order chi connectivity index (χ1) is 15.4. The molecule has 1 amide bonds. The molecule has 162 valence electrons. The van der Waals surface area contributed by atoms with Gasteiger partial charge in [-0.15, -0.1) is 0 Å². The Bertz CT molecular complexity index is 1360. The summed E-state index contributed by atoms with van der Waals surface area (Å²) in [5, 5.41) is 3.19. The summed E-state index contributed by atoms with van der Waals surface area (Å²) in [7, 11) is 1.39. The number of hydrogen-bond acceptors (Lipinski definition) is 4. The highest BCUT2D eigenvalue weighted by molar-refractivity contribution is 6.05. The van der Waals surface area contributed by atoms with Crippen molar-refractivity contribution in [1.29, 1.82) is 0 Å². The number of carbonyl (C=O) groups is 1. The van der Waals surface area contributed by atoms with Crippen molar-refractivity contribution in [3.05, 3.63) is 99.5 Å². The van der Waals surface area contributed by atoms with Crippen LogP contribution in [0.25, 0.3) is 22.3 Å². The van der Waals surface area contributed by atoms with Gasteiger partial charge in [0, 0.05) is 11.1 Å². The van der Waals surface area contributed by atoms with E-state index in [4.69, 9.17) is 9.15 Å². The quantitative estimate of drug-likeness (QED) is 0.459. The number of hydrogen-bond donors (Lipinski definition) is 1. The number of amides is 1. The summed E-state index contributed by atoms with van der Waals surface area (Å²) in [6.45, 7) is 3.46. The Kier molecular flexibility index (Phi) is 5.77. The van der Waals surface area contributed by atoms with Gasteiger partial charge < -0.3 is 14.5 Å². The molecule has 6 heteroatoms. The number of para-hydroxylation sites is 1. The van der Waals surface area contributed by atoms with Crippen molar-refractivity contribution in [3.8, 4) is 17.1 Å². The van der Waals surface area contributed by atoms with Crippen LogP contribution in [-0.4, -0.2) is 13.0 Å². The summed E-state index contributed by atoms with van der Waals surface area (Å²) in [6, 6.07) is 18.2. The molecular formula is C26H22FNO4. The normalized spacial score (nSPS) is 11.9. The molecule has 0 aliphatic heterocycles. The van der Waals surface area contributed by atoms with Gasteiger partial charge in [0.1, 0.15) is 5.76 Å². The van der Waals surface area contributed by atoms with Crippen LogP contribution in [0.4, 0.5) is 4.39 Å². The molecule has 0 saturated carbocycles. The number of methoxy groups -OCH3 is 1. The highest BCUT2D eigenvalue weighted by atomic mass is 19.1. The van der Waals surface area contributed by atoms with Crippen molar-refractivity contribution in [2.75, 3.05) is 7.11 Å². The lowest BCUT2D eigenvalue weighted by Crippen LogP contribution is -2.27. The van der Waals surface area contributed by atoms with Crippen LogP contribution in [0.5, 0.6) is 5.75 Å². The average molecular weight is 431 g/mol. The standard InChI is InChI=1S/C26H22FNO4/c1-15-23(29)19-10-7-11-20(25(19)32-24(15)17-8-5-4-6-9-17)26(30)28-16(2)18-12-13-22(31-3)21(27)14-18/h4-14,16H,1-3H3,(H,28,30). The van der Waals surface area contributed by atoms with Gasteiger partial charge in [0.05, 0.1) is 24.1 Å². The monoisotopic (exact) mass is 431 g/mol. The van der Waals surface area contributed by atoms with Crippen LogP contribution in [0.1, 0.15) is 34.5 Å². The van der Waals surface area contributed by atoms with Crippen molar-refractivity contribution in [3.63, 3.8) is 0 Å². The third-order valence-electron chi connectivity index (χ3n) is 5.45. The van der Waals surface area contributed by atoms with E-state index in [0.717, 1.165) is 5.56 Å². The van der Waals surface area contributed by atoms with E-state index in [1.165, 1.54) is 19.2 Å². The third kappa shape index (κ3) is 3.87. The van der Waals surface area contributed by atoms with Crippen molar-refractivity contribution in [2.45, 2.75) is 19.9 Å². The first-order valence-corrected chi connectivity index (χ1v) is 10.2. The average Bonchev–Trinajstić information content (AvgIpc) is 2.81. The lowest BCUT2D eigenvalue weighted by atomic mass is 10.0. The largest absolute Gasteiger partial charge is 0.494 e. The van der Waals surface area contributed by atoms with Gasteiger partial charge in [-0.25, -0.2) is 4.39 Å². The van der Waals surface area contributed by atoms with Gasteiger partial charge in [-0.2, -0.15) is 0 Å². The Labute approximate surface area is 184 Å². The lowest BCUT2D eigenvalue weighted by molar-refractivity contribution is 0.0940. The molecule has 1 aromatic heterocycles. The molecule has 0 aliphatic carbocycles. The number of carbonyl (C=O) groups excluding carboxylic acids is 1. The topological polar surface area (TPSA) is 68.5 Å². The molecule has 1 atom stereocenters. The molecule has 1 heterocycles. The fourth-order valence-electron chi connectivity index (χ4n) is 3.66. The van der Waals surface area contributed by atoms with Crippen LogP contribution in [0.2, 0.25) is 0 Å². The third-order valence-corrected chi connectivity index (χ3v) is 5.45. The number of fused-ring (bicyclic) bond motifs is 1. The zero-order valence-corrected chi connectivity index (χ0v) is 17.9.